The molecule has 27 heavy (non-hydrogen) atoms. The molecule has 0 bridgehead atoms. The number of halogens is 2. The minimum atomic E-state index is -0.425. The molecule has 1 atom stereocenters. The summed E-state index contributed by atoms with van der Waals surface area (Å²) in [5.41, 5.74) is 1.33. The average Bonchev–Trinajstić information content (AvgIpc) is 3.08. The van der Waals surface area contributed by atoms with E-state index in [2.05, 4.69) is 20.8 Å². The first kappa shape index (κ1) is 19.2. The fraction of sp³-hybridized carbons (Fsp3) is 0.167. The summed E-state index contributed by atoms with van der Waals surface area (Å²) in [6.07, 6.45) is 0. The highest BCUT2D eigenvalue weighted by Gasteiger charge is 2.17. The van der Waals surface area contributed by atoms with Crippen molar-refractivity contribution in [3.8, 4) is 0 Å². The monoisotopic (exact) mass is 406 g/mol. The van der Waals surface area contributed by atoms with Crippen molar-refractivity contribution in [1.29, 1.82) is 0 Å². The summed E-state index contributed by atoms with van der Waals surface area (Å²) in [6.45, 7) is 2.24. The van der Waals surface area contributed by atoms with E-state index >= 15 is 0 Å². The van der Waals surface area contributed by atoms with Crippen LogP contribution in [0.15, 0.2) is 52.9 Å². The summed E-state index contributed by atoms with van der Waals surface area (Å²) in [5.74, 6) is -0.936. The van der Waals surface area contributed by atoms with Crippen LogP contribution in [0.3, 0.4) is 0 Å². The second-order valence-electron chi connectivity index (χ2n) is 5.61. The number of anilines is 2. The number of benzene rings is 2. The van der Waals surface area contributed by atoms with Crippen molar-refractivity contribution in [2.75, 3.05) is 10.6 Å². The Hall–Kier alpha value is -2.52. The number of carbonyl (C=O) groups excluding carboxylic acids is 1. The summed E-state index contributed by atoms with van der Waals surface area (Å²) in [6, 6.07) is 11.9. The Morgan fingerprint density at radius 1 is 1.15 bits per heavy atom. The van der Waals surface area contributed by atoms with Crippen LogP contribution in [0, 0.1) is 11.6 Å². The van der Waals surface area contributed by atoms with Crippen LogP contribution in [0.5, 0.6) is 0 Å². The molecule has 5 nitrogen and oxygen atoms in total. The maximum absolute atomic E-state index is 13.2. The van der Waals surface area contributed by atoms with Crippen LogP contribution in [0.2, 0.25) is 0 Å². The Balaban J connectivity index is 1.51. The van der Waals surface area contributed by atoms with E-state index in [0.29, 0.717) is 21.7 Å². The van der Waals surface area contributed by atoms with Gasteiger partial charge in [-0.2, -0.15) is 0 Å². The third kappa shape index (κ3) is 5.73. The molecule has 0 saturated carbocycles. The molecule has 1 aromatic heterocycles. The van der Waals surface area contributed by atoms with Crippen molar-refractivity contribution in [1.82, 2.24) is 10.2 Å². The molecule has 2 aromatic carbocycles. The Morgan fingerprint density at radius 3 is 2.67 bits per heavy atom. The molecule has 0 aliphatic carbocycles. The highest BCUT2D eigenvalue weighted by molar-refractivity contribution is 8.02. The van der Waals surface area contributed by atoms with Crippen LogP contribution in [0.4, 0.5) is 19.6 Å². The third-order valence-electron chi connectivity index (χ3n) is 3.50. The number of nitrogens with one attached hydrogen (secondary N) is 2. The van der Waals surface area contributed by atoms with E-state index in [1.807, 2.05) is 0 Å². The maximum Gasteiger partial charge on any atom is 0.237 e. The largest absolute Gasteiger partial charge is 0.356 e. The fourth-order valence-electron chi connectivity index (χ4n) is 2.12. The van der Waals surface area contributed by atoms with Crippen molar-refractivity contribution in [3.63, 3.8) is 0 Å². The number of carbonyl (C=O) groups is 1. The van der Waals surface area contributed by atoms with Gasteiger partial charge in [-0.3, -0.25) is 4.79 Å². The lowest BCUT2D eigenvalue weighted by molar-refractivity contribution is -0.115. The molecule has 9 heteroatoms. The van der Waals surface area contributed by atoms with Crippen molar-refractivity contribution < 1.29 is 13.6 Å². The predicted molar refractivity (Wildman–Crippen MR) is 104 cm³/mol. The molecule has 0 fully saturated rings. The van der Waals surface area contributed by atoms with Gasteiger partial charge in [0, 0.05) is 12.2 Å². The first-order valence-electron chi connectivity index (χ1n) is 8.04. The number of thioether (sulfide) groups is 1. The van der Waals surface area contributed by atoms with Gasteiger partial charge >= 0.3 is 0 Å². The average molecular weight is 406 g/mol. The minimum Gasteiger partial charge on any atom is -0.356 e. The number of nitrogens with zero attached hydrogens (tertiary/aromatic N) is 2. The molecule has 0 aliphatic rings. The van der Waals surface area contributed by atoms with Crippen LogP contribution >= 0.6 is 23.1 Å². The second-order valence-corrected chi connectivity index (χ2v) is 8.18. The van der Waals surface area contributed by atoms with E-state index in [9.17, 15) is 13.6 Å². The number of rotatable bonds is 7. The lowest BCUT2D eigenvalue weighted by Crippen LogP contribution is -2.22. The van der Waals surface area contributed by atoms with Crippen LogP contribution in [-0.4, -0.2) is 21.4 Å². The van der Waals surface area contributed by atoms with Gasteiger partial charge in [0.15, 0.2) is 4.34 Å². The van der Waals surface area contributed by atoms with Crippen LogP contribution in [-0.2, 0) is 11.3 Å². The SMILES string of the molecule is CC(Sc1nnc(NCc2ccc(F)cc2)s1)C(=O)Nc1cccc(F)c1. The topological polar surface area (TPSA) is 66.9 Å². The molecule has 0 aliphatic heterocycles. The van der Waals surface area contributed by atoms with Crippen LogP contribution in [0.25, 0.3) is 0 Å². The van der Waals surface area contributed by atoms with Gasteiger partial charge in [0.05, 0.1) is 5.25 Å². The fourth-order valence-corrected chi connectivity index (χ4v) is 4.02. The second kappa shape index (κ2) is 8.92. The summed E-state index contributed by atoms with van der Waals surface area (Å²) in [7, 11) is 0. The van der Waals surface area contributed by atoms with Crippen molar-refractivity contribution in [3.05, 3.63) is 65.7 Å². The zero-order valence-electron chi connectivity index (χ0n) is 14.3. The molecule has 0 spiro atoms. The van der Waals surface area contributed by atoms with Gasteiger partial charge in [-0.05, 0) is 42.8 Å². The molecule has 0 radical (unpaired) electrons. The van der Waals surface area contributed by atoms with Crippen molar-refractivity contribution in [2.24, 2.45) is 0 Å². The smallest absolute Gasteiger partial charge is 0.237 e. The highest BCUT2D eigenvalue weighted by Crippen LogP contribution is 2.29. The standard InChI is InChI=1S/C18H16F2N4OS2/c1-11(16(25)22-15-4-2-3-14(20)9-15)26-18-24-23-17(27-18)21-10-12-5-7-13(19)8-6-12/h2-9,11H,10H2,1H3,(H,21,23)(H,22,25). The summed E-state index contributed by atoms with van der Waals surface area (Å²) >= 11 is 2.59. The molecule has 3 rings (SSSR count). The Labute approximate surface area is 163 Å². The minimum absolute atomic E-state index is 0.248. The molecule has 140 valence electrons. The van der Waals surface area contributed by atoms with Crippen molar-refractivity contribution in [2.45, 2.75) is 23.1 Å². The first-order valence-corrected chi connectivity index (χ1v) is 9.74. The van der Waals surface area contributed by atoms with E-state index < -0.39 is 11.1 Å². The van der Waals surface area contributed by atoms with Crippen molar-refractivity contribution >= 4 is 39.8 Å². The van der Waals surface area contributed by atoms with Gasteiger partial charge in [0.25, 0.3) is 0 Å². The molecule has 1 heterocycles. The molecular weight excluding hydrogens is 390 g/mol. The Kier molecular flexibility index (Phi) is 6.36. The van der Waals surface area contributed by atoms with Crippen LogP contribution in [0.1, 0.15) is 12.5 Å². The van der Waals surface area contributed by atoms with Gasteiger partial charge < -0.3 is 10.6 Å². The quantitative estimate of drug-likeness (QED) is 0.564. The molecule has 3 aromatic rings. The third-order valence-corrected chi connectivity index (χ3v) is 5.57. The normalized spacial score (nSPS) is 11.8. The maximum atomic E-state index is 13.2. The van der Waals surface area contributed by atoms with E-state index in [0.717, 1.165) is 5.56 Å². The molecule has 2 N–H and O–H groups in total. The zero-order chi connectivity index (χ0) is 19.2. The lowest BCUT2D eigenvalue weighted by Gasteiger charge is -2.10. The van der Waals surface area contributed by atoms with Gasteiger partial charge in [-0.15, -0.1) is 10.2 Å². The number of hydrogen-bond donors (Lipinski definition) is 2. The van der Waals surface area contributed by atoms with E-state index in [1.54, 1.807) is 25.1 Å². The molecule has 1 amide bonds. The van der Waals surface area contributed by atoms with Gasteiger partial charge in [0.1, 0.15) is 11.6 Å². The number of amides is 1. The molecule has 0 saturated heterocycles. The Bertz CT molecular complexity index is 918. The number of aromatic nitrogens is 2. The number of hydrogen-bond acceptors (Lipinski definition) is 6. The van der Waals surface area contributed by atoms with E-state index in [-0.39, 0.29) is 11.7 Å². The summed E-state index contributed by atoms with van der Waals surface area (Å²) < 4.78 is 26.7. The van der Waals surface area contributed by atoms with Crippen LogP contribution < -0.4 is 10.6 Å². The summed E-state index contributed by atoms with van der Waals surface area (Å²) in [5, 5.41) is 14.1. The summed E-state index contributed by atoms with van der Waals surface area (Å²) in [4.78, 5) is 12.2. The lowest BCUT2D eigenvalue weighted by atomic mass is 10.2. The first-order chi connectivity index (χ1) is 13.0. The van der Waals surface area contributed by atoms with E-state index in [1.165, 1.54) is 53.4 Å². The highest BCUT2D eigenvalue weighted by atomic mass is 32.2. The van der Waals surface area contributed by atoms with E-state index in [4.69, 9.17) is 0 Å². The van der Waals surface area contributed by atoms with Gasteiger partial charge in [-0.1, -0.05) is 41.3 Å². The predicted octanol–water partition coefficient (Wildman–Crippen LogP) is 4.55. The van der Waals surface area contributed by atoms with Gasteiger partial charge in [0.2, 0.25) is 11.0 Å². The molecular formula is C18H16F2N4OS2. The van der Waals surface area contributed by atoms with Gasteiger partial charge in [-0.25, -0.2) is 8.78 Å². The Morgan fingerprint density at radius 2 is 1.93 bits per heavy atom. The molecule has 1 unspecified atom stereocenters. The zero-order valence-corrected chi connectivity index (χ0v) is 15.9.